The highest BCUT2D eigenvalue weighted by Crippen LogP contribution is 2.21. The second-order valence-electron chi connectivity index (χ2n) is 22.2. The van der Waals surface area contributed by atoms with E-state index in [4.69, 9.17) is 18.9 Å². The lowest BCUT2D eigenvalue weighted by Gasteiger charge is -2.26. The first-order valence-corrected chi connectivity index (χ1v) is 30.6. The van der Waals surface area contributed by atoms with Gasteiger partial charge in [0.1, 0.15) is 13.2 Å². The van der Waals surface area contributed by atoms with Gasteiger partial charge in [-0.05, 0) is 96.4 Å². The van der Waals surface area contributed by atoms with E-state index in [0.717, 1.165) is 154 Å². The van der Waals surface area contributed by atoms with Gasteiger partial charge in [0.2, 0.25) is 0 Å². The van der Waals surface area contributed by atoms with Crippen molar-refractivity contribution in [2.75, 3.05) is 85.8 Å². The average molecular weight is 1020 g/mol. The number of esters is 4. The maximum absolute atomic E-state index is 13.3. The van der Waals surface area contributed by atoms with Crippen LogP contribution >= 0.6 is 0 Å². The van der Waals surface area contributed by atoms with Crippen LogP contribution in [-0.4, -0.2) is 124 Å². The van der Waals surface area contributed by atoms with E-state index >= 15 is 0 Å². The molecule has 11 nitrogen and oxygen atoms in total. The van der Waals surface area contributed by atoms with Crippen LogP contribution in [0.2, 0.25) is 0 Å². The van der Waals surface area contributed by atoms with Gasteiger partial charge in [0.25, 0.3) is 0 Å². The molecule has 0 aliphatic carbocycles. The van der Waals surface area contributed by atoms with Gasteiger partial charge in [0.15, 0.2) is 0 Å². The zero-order valence-corrected chi connectivity index (χ0v) is 49.0. The van der Waals surface area contributed by atoms with Crippen LogP contribution in [0.1, 0.15) is 261 Å². The van der Waals surface area contributed by atoms with E-state index in [1.165, 1.54) is 77.0 Å². The summed E-state index contributed by atoms with van der Waals surface area (Å²) in [4.78, 5) is 59.1. The Morgan fingerprint density at radius 3 is 1.04 bits per heavy atom. The molecule has 0 aliphatic heterocycles. The lowest BCUT2D eigenvalue weighted by Crippen LogP contribution is -2.35. The van der Waals surface area contributed by atoms with Crippen LogP contribution in [-0.2, 0) is 38.1 Å². The third-order valence-electron chi connectivity index (χ3n) is 14.3. The standard InChI is InChI=1S/C61H119N3O8/c1-10-14-18-28-38-56(36-16-12-3)60(67)71-52-48-63(46-40-58(65)69-50-30-24-20-22-26-34-54(5)6)44-32-42-62(9)43-33-45-64(47-41-59(66)70-51-31-25-21-23-27-35-55(7)8)49-53-72-61(68)57(37-17-13-4)39-29-19-15-11-2/h54-57H,10-53H2,1-9H3. The summed E-state index contributed by atoms with van der Waals surface area (Å²) >= 11 is 0. The Morgan fingerprint density at radius 1 is 0.333 bits per heavy atom. The first kappa shape index (κ1) is 69.8. The van der Waals surface area contributed by atoms with Gasteiger partial charge in [0, 0.05) is 26.2 Å². The molecule has 2 atom stereocenters. The Hall–Kier alpha value is -2.24. The normalized spacial score (nSPS) is 12.6. The minimum Gasteiger partial charge on any atom is -0.466 e. The van der Waals surface area contributed by atoms with Crippen LogP contribution < -0.4 is 0 Å². The molecular formula is C61H119N3O8. The second kappa shape index (κ2) is 50.9. The molecule has 0 N–H and O–H groups in total. The first-order valence-electron chi connectivity index (χ1n) is 30.6. The van der Waals surface area contributed by atoms with Crippen molar-refractivity contribution >= 4 is 23.9 Å². The van der Waals surface area contributed by atoms with Gasteiger partial charge < -0.3 is 23.8 Å². The SMILES string of the molecule is CCCCCCC(CCCC)C(=O)OCCN(CCCN(C)CCCN(CCOC(=O)C(CCCC)CCCCCC)CCC(=O)OCCCCCCCC(C)C)CCC(=O)OCCCCCCCC(C)C. The van der Waals surface area contributed by atoms with Crippen molar-refractivity contribution in [2.45, 2.75) is 261 Å². The number of ether oxygens (including phenoxy) is 4. The molecule has 0 aromatic carbocycles. The first-order chi connectivity index (χ1) is 34.9. The molecule has 11 heteroatoms. The van der Waals surface area contributed by atoms with Gasteiger partial charge in [0.05, 0.1) is 37.9 Å². The van der Waals surface area contributed by atoms with Crippen molar-refractivity contribution in [1.82, 2.24) is 14.7 Å². The highest BCUT2D eigenvalue weighted by Gasteiger charge is 2.22. The molecule has 426 valence electrons. The molecule has 0 spiro atoms. The van der Waals surface area contributed by atoms with Crippen molar-refractivity contribution in [3.05, 3.63) is 0 Å². The number of nitrogens with zero attached hydrogens (tertiary/aromatic N) is 3. The molecule has 0 aromatic rings. The summed E-state index contributed by atoms with van der Waals surface area (Å²) in [6.07, 6.45) is 33.4. The summed E-state index contributed by atoms with van der Waals surface area (Å²) in [6.45, 7) is 25.1. The summed E-state index contributed by atoms with van der Waals surface area (Å²) in [5.41, 5.74) is 0. The zero-order valence-electron chi connectivity index (χ0n) is 49.0. The topological polar surface area (TPSA) is 115 Å². The molecule has 0 radical (unpaired) electrons. The smallest absolute Gasteiger partial charge is 0.308 e. The minimum absolute atomic E-state index is 0.0362. The molecule has 2 unspecified atom stereocenters. The largest absolute Gasteiger partial charge is 0.466 e. The Morgan fingerprint density at radius 2 is 0.667 bits per heavy atom. The number of carbonyl (C=O) groups excluding carboxylic acids is 4. The predicted molar refractivity (Wildman–Crippen MR) is 301 cm³/mol. The van der Waals surface area contributed by atoms with Crippen LogP contribution in [0.3, 0.4) is 0 Å². The number of hydrogen-bond acceptors (Lipinski definition) is 11. The van der Waals surface area contributed by atoms with Crippen LogP contribution in [0.5, 0.6) is 0 Å². The number of carbonyl (C=O) groups is 4. The van der Waals surface area contributed by atoms with E-state index in [0.29, 0.717) is 65.4 Å². The van der Waals surface area contributed by atoms with Gasteiger partial charge in [-0.15, -0.1) is 0 Å². The monoisotopic (exact) mass is 1020 g/mol. The van der Waals surface area contributed by atoms with E-state index < -0.39 is 0 Å². The second-order valence-corrected chi connectivity index (χ2v) is 22.2. The summed E-state index contributed by atoms with van der Waals surface area (Å²) < 4.78 is 23.2. The highest BCUT2D eigenvalue weighted by molar-refractivity contribution is 5.73. The Kier molecular flexibility index (Phi) is 49.3. The predicted octanol–water partition coefficient (Wildman–Crippen LogP) is 14.8. The summed E-state index contributed by atoms with van der Waals surface area (Å²) in [5.74, 6) is 0.977. The van der Waals surface area contributed by atoms with Crippen LogP contribution in [0.4, 0.5) is 0 Å². The van der Waals surface area contributed by atoms with E-state index in [9.17, 15) is 19.2 Å². The average Bonchev–Trinajstić information content (AvgIpc) is 3.35. The summed E-state index contributed by atoms with van der Waals surface area (Å²) in [6, 6.07) is 0. The maximum atomic E-state index is 13.3. The molecule has 0 amide bonds. The minimum atomic E-state index is -0.158. The van der Waals surface area contributed by atoms with Gasteiger partial charge >= 0.3 is 23.9 Å². The third-order valence-corrected chi connectivity index (χ3v) is 14.3. The van der Waals surface area contributed by atoms with Crippen molar-refractivity contribution in [3.8, 4) is 0 Å². The fraction of sp³-hybridized carbons (Fsp3) is 0.934. The van der Waals surface area contributed by atoms with Gasteiger partial charge in [-0.1, -0.05) is 197 Å². The van der Waals surface area contributed by atoms with Crippen molar-refractivity contribution < 1.29 is 38.1 Å². The lowest BCUT2D eigenvalue weighted by molar-refractivity contribution is -0.150. The highest BCUT2D eigenvalue weighted by atomic mass is 16.5. The molecule has 0 saturated carbocycles. The van der Waals surface area contributed by atoms with Crippen molar-refractivity contribution in [2.24, 2.45) is 23.7 Å². The molecule has 72 heavy (non-hydrogen) atoms. The van der Waals surface area contributed by atoms with Gasteiger partial charge in [-0.25, -0.2) is 0 Å². The third kappa shape index (κ3) is 45.2. The number of unbranched alkanes of at least 4 members (excludes halogenated alkanes) is 16. The fourth-order valence-electron chi connectivity index (χ4n) is 9.38. The van der Waals surface area contributed by atoms with Gasteiger partial charge in [-0.2, -0.15) is 0 Å². The number of hydrogen-bond donors (Lipinski definition) is 0. The molecular weight excluding hydrogens is 903 g/mol. The van der Waals surface area contributed by atoms with E-state index in [-0.39, 0.29) is 35.7 Å². The summed E-state index contributed by atoms with van der Waals surface area (Å²) in [5, 5.41) is 0. The van der Waals surface area contributed by atoms with E-state index in [1.54, 1.807) is 0 Å². The zero-order chi connectivity index (χ0) is 53.3. The number of rotatable bonds is 54. The molecule has 0 aromatic heterocycles. The van der Waals surface area contributed by atoms with E-state index in [2.05, 4.69) is 77.1 Å². The Bertz CT molecular complexity index is 1160. The Labute approximate surface area is 445 Å². The maximum Gasteiger partial charge on any atom is 0.308 e. The van der Waals surface area contributed by atoms with Crippen LogP contribution in [0, 0.1) is 23.7 Å². The molecule has 0 heterocycles. The lowest BCUT2D eigenvalue weighted by atomic mass is 9.95. The molecule has 0 bridgehead atoms. The van der Waals surface area contributed by atoms with Gasteiger partial charge in [-0.3, -0.25) is 29.0 Å². The summed E-state index contributed by atoms with van der Waals surface area (Å²) in [7, 11) is 2.15. The van der Waals surface area contributed by atoms with E-state index in [1.807, 2.05) is 0 Å². The van der Waals surface area contributed by atoms with Crippen molar-refractivity contribution in [3.63, 3.8) is 0 Å². The van der Waals surface area contributed by atoms with Crippen molar-refractivity contribution in [1.29, 1.82) is 0 Å². The Balaban J connectivity index is 5.40. The molecule has 0 rings (SSSR count). The molecule has 0 saturated heterocycles. The molecule has 0 fully saturated rings. The molecule has 0 aliphatic rings. The van der Waals surface area contributed by atoms with Crippen LogP contribution in [0.15, 0.2) is 0 Å². The van der Waals surface area contributed by atoms with Crippen LogP contribution in [0.25, 0.3) is 0 Å². The fourth-order valence-corrected chi connectivity index (χ4v) is 9.38. The quantitative estimate of drug-likeness (QED) is 0.0329.